The van der Waals surface area contributed by atoms with Crippen LogP contribution in [-0.2, 0) is 16.6 Å². The molecule has 1 saturated heterocycles. The molecule has 0 atom stereocenters. The maximum absolute atomic E-state index is 13.8. The van der Waals surface area contributed by atoms with Crippen molar-refractivity contribution in [1.82, 2.24) is 19.2 Å². The predicted molar refractivity (Wildman–Crippen MR) is 143 cm³/mol. The number of halogens is 2. The van der Waals surface area contributed by atoms with Crippen LogP contribution in [0.25, 0.3) is 0 Å². The topological polar surface area (TPSA) is 104 Å². The Morgan fingerprint density at radius 2 is 1.74 bits per heavy atom. The van der Waals surface area contributed by atoms with Crippen LogP contribution in [0.5, 0.6) is 0 Å². The van der Waals surface area contributed by atoms with Crippen molar-refractivity contribution in [2.75, 3.05) is 30.8 Å². The van der Waals surface area contributed by atoms with E-state index >= 15 is 0 Å². The van der Waals surface area contributed by atoms with Crippen molar-refractivity contribution in [3.05, 3.63) is 90.5 Å². The van der Waals surface area contributed by atoms with Crippen molar-refractivity contribution in [1.29, 1.82) is 0 Å². The summed E-state index contributed by atoms with van der Waals surface area (Å²) in [5.74, 6) is -1.30. The summed E-state index contributed by atoms with van der Waals surface area (Å²) >= 11 is 0. The molecular weight excluding hydrogens is 526 g/mol. The summed E-state index contributed by atoms with van der Waals surface area (Å²) in [5, 5.41) is 5.94. The van der Waals surface area contributed by atoms with Gasteiger partial charge in [-0.3, -0.25) is 0 Å². The average Bonchev–Trinajstić information content (AvgIpc) is 3.44. The summed E-state index contributed by atoms with van der Waals surface area (Å²) in [5.41, 5.74) is 1.71. The van der Waals surface area contributed by atoms with Gasteiger partial charge in [-0.1, -0.05) is 0 Å². The smallest absolute Gasteiger partial charge is 0.243 e. The number of sulfonamides is 1. The zero-order chi connectivity index (χ0) is 27.4. The molecule has 0 bridgehead atoms. The van der Waals surface area contributed by atoms with Gasteiger partial charge in [-0.15, -0.1) is 0 Å². The predicted octanol–water partition coefficient (Wildman–Crippen LogP) is 5.12. The maximum atomic E-state index is 13.8. The highest BCUT2D eigenvalue weighted by Crippen LogP contribution is 2.28. The number of rotatable bonds is 9. The van der Waals surface area contributed by atoms with E-state index in [9.17, 15) is 17.2 Å². The molecule has 0 spiro atoms. The number of anilines is 4. The summed E-state index contributed by atoms with van der Waals surface area (Å²) in [6.07, 6.45) is 6.12. The first-order valence-corrected chi connectivity index (χ1v) is 13.9. The van der Waals surface area contributed by atoms with Crippen molar-refractivity contribution >= 4 is 33.2 Å². The molecule has 0 unspecified atom stereocenters. The Hall–Kier alpha value is -3.87. The van der Waals surface area contributed by atoms with Crippen LogP contribution >= 0.6 is 0 Å². The Bertz CT molecular complexity index is 1510. The number of benzene rings is 2. The maximum Gasteiger partial charge on any atom is 0.243 e. The van der Waals surface area contributed by atoms with Gasteiger partial charge in [0.25, 0.3) is 0 Å². The highest BCUT2D eigenvalue weighted by Gasteiger charge is 2.33. The molecule has 9 nitrogen and oxygen atoms in total. The minimum atomic E-state index is -3.79. The fourth-order valence-electron chi connectivity index (χ4n) is 4.44. The number of furan rings is 1. The zero-order valence-corrected chi connectivity index (χ0v) is 22.0. The van der Waals surface area contributed by atoms with Crippen molar-refractivity contribution < 1.29 is 21.6 Å². The molecule has 5 rings (SSSR count). The van der Waals surface area contributed by atoms with E-state index in [0.29, 0.717) is 17.2 Å². The number of hydrogen-bond donors (Lipinski definition) is 2. The molecule has 4 aromatic rings. The van der Waals surface area contributed by atoms with Gasteiger partial charge in [-0.05, 0) is 81.5 Å². The Kier molecular flexibility index (Phi) is 7.87. The molecule has 2 aromatic heterocycles. The van der Waals surface area contributed by atoms with E-state index in [1.165, 1.54) is 12.3 Å². The SMILES string of the molecule is CN1CCC(N(Cc2ccoc2)S(=O)(=O)c2ccc(Nc3nccc(Nc4ccc(F)c(F)c4)n3)cc2)CC1. The van der Waals surface area contributed by atoms with E-state index in [1.54, 1.807) is 53.2 Å². The summed E-state index contributed by atoms with van der Waals surface area (Å²) in [6.45, 7) is 1.89. The fraction of sp³-hybridized carbons (Fsp3) is 0.259. The number of nitrogens with one attached hydrogen (secondary N) is 2. The first-order chi connectivity index (χ1) is 18.8. The number of hydrogen-bond acceptors (Lipinski definition) is 8. The van der Waals surface area contributed by atoms with Gasteiger partial charge in [-0.25, -0.2) is 22.2 Å². The number of piperidine rings is 1. The second-order valence-corrected chi connectivity index (χ2v) is 11.3. The Morgan fingerprint density at radius 3 is 2.44 bits per heavy atom. The minimum Gasteiger partial charge on any atom is -0.472 e. The van der Waals surface area contributed by atoms with E-state index in [2.05, 4.69) is 25.5 Å². The third kappa shape index (κ3) is 6.41. The van der Waals surface area contributed by atoms with Gasteiger partial charge in [0, 0.05) is 41.8 Å². The highest BCUT2D eigenvalue weighted by atomic mass is 32.2. The fourth-order valence-corrected chi connectivity index (χ4v) is 6.11. The lowest BCUT2D eigenvalue weighted by atomic mass is 10.1. The minimum absolute atomic E-state index is 0.114. The number of aromatic nitrogens is 2. The van der Waals surface area contributed by atoms with Crippen molar-refractivity contribution in [3.63, 3.8) is 0 Å². The largest absolute Gasteiger partial charge is 0.472 e. The van der Waals surface area contributed by atoms with E-state index in [1.807, 2.05) is 7.05 Å². The monoisotopic (exact) mass is 554 g/mol. The van der Waals surface area contributed by atoms with Gasteiger partial charge >= 0.3 is 0 Å². The normalized spacial score (nSPS) is 15.0. The standard InChI is InChI=1S/C27H28F2N6O3S/c1-34-13-9-22(10-14-34)35(17-19-11-15-38-18-19)39(36,37)23-5-2-20(3-6-23)32-27-30-12-8-26(33-27)31-21-4-7-24(28)25(29)16-21/h2-8,11-12,15-16,18,22H,9-10,13-14,17H2,1H3,(H2,30,31,32,33). The van der Waals surface area contributed by atoms with Crippen LogP contribution in [0.3, 0.4) is 0 Å². The van der Waals surface area contributed by atoms with E-state index < -0.39 is 21.7 Å². The Labute approximate surface area is 225 Å². The van der Waals surface area contributed by atoms with Gasteiger partial charge in [-0.2, -0.15) is 9.29 Å². The van der Waals surface area contributed by atoms with Crippen LogP contribution in [0.15, 0.2) is 82.6 Å². The van der Waals surface area contributed by atoms with Crippen molar-refractivity contribution in [2.45, 2.75) is 30.3 Å². The highest BCUT2D eigenvalue weighted by molar-refractivity contribution is 7.89. The van der Waals surface area contributed by atoms with Gasteiger partial charge in [0.15, 0.2) is 11.6 Å². The van der Waals surface area contributed by atoms with Gasteiger partial charge in [0.2, 0.25) is 16.0 Å². The van der Waals surface area contributed by atoms with Crippen LogP contribution in [0.2, 0.25) is 0 Å². The summed E-state index contributed by atoms with van der Waals surface area (Å²) in [7, 11) is -1.75. The van der Waals surface area contributed by atoms with Crippen LogP contribution in [0.1, 0.15) is 18.4 Å². The quantitative estimate of drug-likeness (QED) is 0.294. The van der Waals surface area contributed by atoms with Gasteiger partial charge in [0.05, 0.1) is 17.4 Å². The van der Waals surface area contributed by atoms with E-state index in [0.717, 1.165) is 43.6 Å². The average molecular weight is 555 g/mol. The lowest BCUT2D eigenvalue weighted by Gasteiger charge is -2.36. The molecule has 2 N–H and O–H groups in total. The molecule has 0 radical (unpaired) electrons. The molecule has 0 amide bonds. The summed E-state index contributed by atoms with van der Waals surface area (Å²) in [6, 6.07) is 13.1. The third-order valence-electron chi connectivity index (χ3n) is 6.58. The molecular formula is C27H28F2N6O3S. The Balaban J connectivity index is 1.31. The molecule has 12 heteroatoms. The number of likely N-dealkylation sites (tertiary alicyclic amines) is 1. The van der Waals surface area contributed by atoms with Crippen LogP contribution < -0.4 is 10.6 Å². The molecule has 3 heterocycles. The molecule has 0 aliphatic carbocycles. The summed E-state index contributed by atoms with van der Waals surface area (Å²) in [4.78, 5) is 10.9. The zero-order valence-electron chi connectivity index (χ0n) is 21.2. The lowest BCUT2D eigenvalue weighted by Crippen LogP contribution is -2.46. The molecule has 2 aromatic carbocycles. The second-order valence-electron chi connectivity index (χ2n) is 9.39. The van der Waals surface area contributed by atoms with Crippen LogP contribution in [0, 0.1) is 11.6 Å². The van der Waals surface area contributed by atoms with E-state index in [4.69, 9.17) is 4.42 Å². The van der Waals surface area contributed by atoms with Crippen LogP contribution in [0.4, 0.5) is 31.9 Å². The van der Waals surface area contributed by atoms with Crippen molar-refractivity contribution in [3.8, 4) is 0 Å². The Morgan fingerprint density at radius 1 is 1.00 bits per heavy atom. The first kappa shape index (κ1) is 26.7. The van der Waals surface area contributed by atoms with Crippen molar-refractivity contribution in [2.24, 2.45) is 0 Å². The number of nitrogens with zero attached hydrogens (tertiary/aromatic N) is 4. The molecule has 0 saturated carbocycles. The second kappa shape index (κ2) is 11.5. The molecule has 1 fully saturated rings. The van der Waals surface area contributed by atoms with Crippen LogP contribution in [-0.4, -0.2) is 53.8 Å². The molecule has 204 valence electrons. The molecule has 1 aliphatic heterocycles. The van der Waals surface area contributed by atoms with Gasteiger partial charge in [0.1, 0.15) is 5.82 Å². The molecule has 1 aliphatic rings. The third-order valence-corrected chi connectivity index (χ3v) is 8.49. The molecule has 39 heavy (non-hydrogen) atoms. The van der Waals surface area contributed by atoms with Gasteiger partial charge < -0.3 is 20.0 Å². The summed E-state index contributed by atoms with van der Waals surface area (Å²) < 4.78 is 61.0. The lowest BCUT2D eigenvalue weighted by molar-refractivity contribution is 0.179. The first-order valence-electron chi connectivity index (χ1n) is 12.4. The van der Waals surface area contributed by atoms with E-state index in [-0.39, 0.29) is 23.4 Å².